The number of aromatic amines is 1. The van der Waals surface area contributed by atoms with Crippen LogP contribution in [0.5, 0.6) is 6.01 Å². The van der Waals surface area contributed by atoms with Crippen molar-refractivity contribution in [2.75, 3.05) is 46.3 Å². The molecule has 35 heavy (non-hydrogen) atoms. The van der Waals surface area contributed by atoms with Gasteiger partial charge in [0, 0.05) is 33.3 Å². The van der Waals surface area contributed by atoms with E-state index in [0.29, 0.717) is 50.6 Å². The molecule has 0 aliphatic carbocycles. The lowest BCUT2D eigenvalue weighted by atomic mass is 10.1. The van der Waals surface area contributed by atoms with Gasteiger partial charge in [-0.15, -0.1) is 0 Å². The molecule has 0 radical (unpaired) electrons. The Balaban J connectivity index is 1.77. The van der Waals surface area contributed by atoms with Crippen LogP contribution in [0.2, 0.25) is 0 Å². The highest BCUT2D eigenvalue weighted by Gasteiger charge is 2.16. The lowest BCUT2D eigenvalue weighted by Crippen LogP contribution is -2.32. The van der Waals surface area contributed by atoms with E-state index in [4.69, 9.17) is 19.9 Å². The maximum absolute atomic E-state index is 12.7. The summed E-state index contributed by atoms with van der Waals surface area (Å²) in [4.78, 5) is 37.8. The number of ether oxygens (including phenoxy) is 3. The summed E-state index contributed by atoms with van der Waals surface area (Å²) in [5.41, 5.74) is 8.50. The van der Waals surface area contributed by atoms with Crippen LogP contribution in [0.25, 0.3) is 11.2 Å². The summed E-state index contributed by atoms with van der Waals surface area (Å²) >= 11 is 0. The van der Waals surface area contributed by atoms with E-state index in [0.717, 1.165) is 24.0 Å². The largest absolute Gasteiger partial charge is 0.469 e. The number of H-pyrrole nitrogens is 1. The van der Waals surface area contributed by atoms with Crippen molar-refractivity contribution >= 4 is 23.0 Å². The molecule has 11 nitrogen and oxygen atoms in total. The van der Waals surface area contributed by atoms with E-state index in [1.54, 1.807) is 11.7 Å². The molecule has 0 spiro atoms. The molecule has 0 fully saturated rings. The number of methoxy groups -OCH3 is 2. The van der Waals surface area contributed by atoms with E-state index in [9.17, 15) is 9.59 Å². The number of fused-ring (bicyclic) bond motifs is 1. The molecule has 2 aromatic heterocycles. The van der Waals surface area contributed by atoms with Crippen molar-refractivity contribution in [3.63, 3.8) is 0 Å². The molecule has 11 heteroatoms. The molecular formula is C24H34N6O5. The van der Waals surface area contributed by atoms with Crippen LogP contribution in [-0.4, -0.2) is 70.9 Å². The highest BCUT2D eigenvalue weighted by atomic mass is 16.5. The zero-order chi connectivity index (χ0) is 25.2. The Kier molecular flexibility index (Phi) is 9.62. The minimum Gasteiger partial charge on any atom is -0.469 e. The quantitative estimate of drug-likeness (QED) is 0.258. The summed E-state index contributed by atoms with van der Waals surface area (Å²) in [6, 6.07) is 7.98. The van der Waals surface area contributed by atoms with Crippen molar-refractivity contribution in [1.29, 1.82) is 0 Å². The van der Waals surface area contributed by atoms with Crippen LogP contribution in [0, 0.1) is 0 Å². The van der Waals surface area contributed by atoms with Crippen molar-refractivity contribution in [2.24, 2.45) is 0 Å². The second-order valence-electron chi connectivity index (χ2n) is 8.22. The first-order valence-corrected chi connectivity index (χ1v) is 11.7. The number of esters is 1. The lowest BCUT2D eigenvalue weighted by molar-refractivity contribution is -0.139. The number of nitrogens with two attached hydrogens (primary N) is 1. The number of carbonyl (C=O) groups excluding carboxylic acids is 1. The third-order valence-electron chi connectivity index (χ3n) is 5.58. The van der Waals surface area contributed by atoms with Gasteiger partial charge in [0.25, 0.3) is 0 Å². The first kappa shape index (κ1) is 26.2. The van der Waals surface area contributed by atoms with E-state index < -0.39 is 0 Å². The fourth-order valence-corrected chi connectivity index (χ4v) is 3.68. The lowest BCUT2D eigenvalue weighted by Gasteiger charge is -2.22. The Bertz CT molecular complexity index is 1170. The number of hydrogen-bond donors (Lipinski definition) is 2. The highest BCUT2D eigenvalue weighted by Crippen LogP contribution is 2.18. The summed E-state index contributed by atoms with van der Waals surface area (Å²) in [5.74, 6) is -0.104. The Morgan fingerprint density at radius 1 is 1.17 bits per heavy atom. The Hall–Kier alpha value is -3.44. The molecule has 3 aromatic rings. The average molecular weight is 487 g/mol. The van der Waals surface area contributed by atoms with Gasteiger partial charge in [-0.1, -0.05) is 37.6 Å². The van der Waals surface area contributed by atoms with Crippen LogP contribution >= 0.6 is 0 Å². The van der Waals surface area contributed by atoms with Crippen molar-refractivity contribution in [3.05, 3.63) is 45.9 Å². The minimum absolute atomic E-state index is 0.162. The second kappa shape index (κ2) is 12.9. The van der Waals surface area contributed by atoms with E-state index in [1.165, 1.54) is 7.11 Å². The van der Waals surface area contributed by atoms with Gasteiger partial charge in [-0.05, 0) is 17.5 Å². The van der Waals surface area contributed by atoms with Gasteiger partial charge in [-0.2, -0.15) is 9.97 Å². The molecule has 190 valence electrons. The number of aromatic nitrogens is 4. The fraction of sp³-hybridized carbons (Fsp3) is 0.500. The third kappa shape index (κ3) is 7.27. The molecule has 0 unspecified atom stereocenters. The topological polar surface area (TPSA) is 138 Å². The van der Waals surface area contributed by atoms with Crippen molar-refractivity contribution in [2.45, 2.75) is 39.3 Å². The zero-order valence-electron chi connectivity index (χ0n) is 20.6. The maximum atomic E-state index is 12.7. The van der Waals surface area contributed by atoms with E-state index in [2.05, 4.69) is 26.8 Å². The smallest absolute Gasteiger partial charge is 0.327 e. The number of imidazole rings is 1. The average Bonchev–Trinajstić information content (AvgIpc) is 3.16. The van der Waals surface area contributed by atoms with Crippen molar-refractivity contribution in [3.8, 4) is 6.01 Å². The fourth-order valence-electron chi connectivity index (χ4n) is 3.68. The number of anilines is 1. The highest BCUT2D eigenvalue weighted by molar-refractivity contribution is 5.81. The van der Waals surface area contributed by atoms with Crippen LogP contribution in [0.15, 0.2) is 29.1 Å². The molecule has 0 atom stereocenters. The minimum atomic E-state index is -0.307. The Morgan fingerprint density at radius 2 is 1.97 bits per heavy atom. The van der Waals surface area contributed by atoms with Gasteiger partial charge in [-0.25, -0.2) is 4.79 Å². The summed E-state index contributed by atoms with van der Waals surface area (Å²) < 4.78 is 17.2. The predicted molar refractivity (Wildman–Crippen MR) is 132 cm³/mol. The maximum Gasteiger partial charge on any atom is 0.327 e. The SMILES string of the molecule is CCCCOc1nc(N)c2[nH]c(=O)n(CCN(CCOC)Cc3cccc(CC(=O)OC)c3)c2n1. The summed E-state index contributed by atoms with van der Waals surface area (Å²) in [7, 11) is 3.03. The van der Waals surface area contributed by atoms with E-state index in [-0.39, 0.29) is 29.9 Å². The van der Waals surface area contributed by atoms with Gasteiger partial charge in [0.2, 0.25) is 0 Å². The third-order valence-corrected chi connectivity index (χ3v) is 5.58. The molecule has 0 amide bonds. The number of carbonyl (C=O) groups is 1. The predicted octanol–water partition coefficient (Wildman–Crippen LogP) is 1.74. The number of nitrogens with zero attached hydrogens (tertiary/aromatic N) is 4. The zero-order valence-corrected chi connectivity index (χ0v) is 20.6. The van der Waals surface area contributed by atoms with Crippen LogP contribution in [0.3, 0.4) is 0 Å². The number of nitrogen functional groups attached to an aromatic ring is 1. The van der Waals surface area contributed by atoms with Crippen molar-refractivity contribution < 1.29 is 19.0 Å². The molecule has 0 saturated carbocycles. The number of nitrogens with one attached hydrogen (secondary N) is 1. The summed E-state index contributed by atoms with van der Waals surface area (Å²) in [6.45, 7) is 5.32. The Morgan fingerprint density at radius 3 is 2.71 bits per heavy atom. The summed E-state index contributed by atoms with van der Waals surface area (Å²) in [5, 5.41) is 0. The van der Waals surface area contributed by atoms with Crippen LogP contribution in [-0.2, 0) is 33.8 Å². The van der Waals surface area contributed by atoms with Gasteiger partial charge >= 0.3 is 17.7 Å². The molecule has 0 bridgehead atoms. The van der Waals surface area contributed by atoms with E-state index >= 15 is 0 Å². The number of rotatable bonds is 14. The molecule has 3 rings (SSSR count). The van der Waals surface area contributed by atoms with Crippen LogP contribution < -0.4 is 16.2 Å². The molecule has 0 aliphatic rings. The number of hydrogen-bond acceptors (Lipinski definition) is 9. The van der Waals surface area contributed by atoms with Gasteiger partial charge in [0.15, 0.2) is 11.5 Å². The van der Waals surface area contributed by atoms with Crippen LogP contribution in [0.1, 0.15) is 30.9 Å². The molecule has 0 saturated heterocycles. The molecular weight excluding hydrogens is 452 g/mol. The first-order valence-electron chi connectivity index (χ1n) is 11.7. The number of unbranched alkanes of at least 4 members (excludes halogenated alkanes) is 1. The molecule has 3 N–H and O–H groups in total. The number of benzene rings is 1. The van der Waals surface area contributed by atoms with Gasteiger partial charge < -0.3 is 24.9 Å². The molecule has 1 aromatic carbocycles. The van der Waals surface area contributed by atoms with Crippen molar-refractivity contribution in [1.82, 2.24) is 24.4 Å². The summed E-state index contributed by atoms with van der Waals surface area (Å²) in [6.07, 6.45) is 2.07. The van der Waals surface area contributed by atoms with Gasteiger partial charge in [-0.3, -0.25) is 14.3 Å². The molecule has 0 aliphatic heterocycles. The second-order valence-corrected chi connectivity index (χ2v) is 8.22. The van der Waals surface area contributed by atoms with Gasteiger partial charge in [0.05, 0.1) is 26.7 Å². The standard InChI is InChI=1S/C24H34N6O5/c1-4-5-12-35-23-27-21(25)20-22(28-23)30(24(32)26-20)10-9-29(11-13-33-2)16-18-8-6-7-17(14-18)15-19(31)34-3/h6-8,14H,4-5,9-13,15-16H2,1-3H3,(H,26,32)(H2,25,27,28). The molecule has 2 heterocycles. The first-order chi connectivity index (χ1) is 16.9. The monoisotopic (exact) mass is 486 g/mol. The van der Waals surface area contributed by atoms with Gasteiger partial charge in [0.1, 0.15) is 5.52 Å². The van der Waals surface area contributed by atoms with Crippen LogP contribution in [0.4, 0.5) is 5.82 Å². The Labute approximate surface area is 204 Å². The van der Waals surface area contributed by atoms with E-state index in [1.807, 2.05) is 24.3 Å². The normalized spacial score (nSPS) is 11.3.